The lowest BCUT2D eigenvalue weighted by atomic mass is 10.2. The number of likely N-dealkylation sites (tertiary alicyclic amines) is 1. The van der Waals surface area contributed by atoms with E-state index in [2.05, 4.69) is 33.9 Å². The number of unbranched alkanes of at least 4 members (excludes halogenated alkanes) is 3. The van der Waals surface area contributed by atoms with Crippen LogP contribution in [0.4, 0.5) is 0 Å². The molecule has 2 amide bonds. The molecule has 4 nitrogen and oxygen atoms in total. The zero-order valence-corrected chi connectivity index (χ0v) is 15.8. The van der Waals surface area contributed by atoms with Crippen LogP contribution < -0.4 is 0 Å². The van der Waals surface area contributed by atoms with Crippen LogP contribution in [-0.2, 0) is 14.0 Å². The van der Waals surface area contributed by atoms with Gasteiger partial charge in [0.15, 0.2) is 8.32 Å². The number of nitrogens with zero attached hydrogens (tertiary/aromatic N) is 1. The van der Waals surface area contributed by atoms with Gasteiger partial charge in [-0.2, -0.15) is 0 Å². The van der Waals surface area contributed by atoms with Crippen LogP contribution in [0.5, 0.6) is 0 Å². The minimum Gasteiger partial charge on any atom is -0.417 e. The highest BCUT2D eigenvalue weighted by atomic mass is 28.4. The number of hydrogen-bond donors (Lipinski definition) is 0. The van der Waals surface area contributed by atoms with E-state index in [4.69, 9.17) is 4.43 Å². The summed E-state index contributed by atoms with van der Waals surface area (Å²) in [6.45, 7) is 12.8. The lowest BCUT2D eigenvalue weighted by molar-refractivity contribution is -0.141. The summed E-state index contributed by atoms with van der Waals surface area (Å²) in [6.07, 6.45) is 4.97. The van der Waals surface area contributed by atoms with Crippen LogP contribution in [0.3, 0.4) is 0 Å². The molecule has 0 N–H and O–H groups in total. The van der Waals surface area contributed by atoms with Crippen LogP contribution in [0.2, 0.25) is 18.1 Å². The smallest absolute Gasteiger partial charge is 0.233 e. The fourth-order valence-corrected chi connectivity index (χ4v) is 3.83. The molecule has 0 radical (unpaired) electrons. The molecule has 1 saturated carbocycles. The van der Waals surface area contributed by atoms with E-state index in [-0.39, 0.29) is 28.7 Å². The highest BCUT2D eigenvalue weighted by molar-refractivity contribution is 6.74. The average molecular weight is 326 g/mol. The van der Waals surface area contributed by atoms with E-state index in [0.717, 1.165) is 38.7 Å². The van der Waals surface area contributed by atoms with Gasteiger partial charge in [0, 0.05) is 13.2 Å². The topological polar surface area (TPSA) is 46.6 Å². The first-order chi connectivity index (χ1) is 10.1. The van der Waals surface area contributed by atoms with Gasteiger partial charge in [0.05, 0.1) is 11.8 Å². The molecule has 2 fully saturated rings. The molecule has 0 bridgehead atoms. The zero-order chi connectivity index (χ0) is 16.5. The fraction of sp³-hybridized carbons (Fsp3) is 0.882. The van der Waals surface area contributed by atoms with Crippen molar-refractivity contribution in [2.45, 2.75) is 71.0 Å². The minimum atomic E-state index is -1.61. The van der Waals surface area contributed by atoms with Crippen LogP contribution in [0, 0.1) is 11.8 Å². The van der Waals surface area contributed by atoms with Crippen molar-refractivity contribution in [3.05, 3.63) is 0 Å². The summed E-state index contributed by atoms with van der Waals surface area (Å²) in [5.74, 6) is 0.253. The number of hydrogen-bond acceptors (Lipinski definition) is 3. The van der Waals surface area contributed by atoms with Crippen molar-refractivity contribution in [1.82, 2.24) is 4.90 Å². The molecule has 1 aliphatic heterocycles. The van der Waals surface area contributed by atoms with Crippen molar-refractivity contribution in [3.63, 3.8) is 0 Å². The van der Waals surface area contributed by atoms with E-state index < -0.39 is 8.32 Å². The molecule has 1 saturated heterocycles. The van der Waals surface area contributed by atoms with Crippen LogP contribution in [0.15, 0.2) is 0 Å². The van der Waals surface area contributed by atoms with Gasteiger partial charge in [0.2, 0.25) is 11.8 Å². The summed E-state index contributed by atoms with van der Waals surface area (Å²) in [5.41, 5.74) is 0. The molecule has 2 atom stereocenters. The lowest BCUT2D eigenvalue weighted by Crippen LogP contribution is -2.40. The Balaban J connectivity index is 1.53. The van der Waals surface area contributed by atoms with Gasteiger partial charge in [0.25, 0.3) is 0 Å². The van der Waals surface area contributed by atoms with Crippen molar-refractivity contribution in [2.75, 3.05) is 13.2 Å². The molecule has 0 spiro atoms. The molecule has 1 heterocycles. The molecular weight excluding hydrogens is 294 g/mol. The Kier molecular flexibility index (Phi) is 5.17. The third-order valence-corrected chi connectivity index (χ3v) is 10.0. The lowest BCUT2D eigenvalue weighted by Gasteiger charge is -2.36. The Labute approximate surface area is 135 Å². The van der Waals surface area contributed by atoms with Crippen LogP contribution in [0.25, 0.3) is 0 Å². The van der Waals surface area contributed by atoms with E-state index in [1.165, 1.54) is 4.90 Å². The average Bonchev–Trinajstić information content (AvgIpc) is 3.15. The Hall–Kier alpha value is -0.683. The fourth-order valence-electron chi connectivity index (χ4n) is 2.74. The largest absolute Gasteiger partial charge is 0.417 e. The van der Waals surface area contributed by atoms with Crippen LogP contribution in [0.1, 0.15) is 52.9 Å². The van der Waals surface area contributed by atoms with E-state index in [1.807, 2.05) is 0 Å². The van der Waals surface area contributed by atoms with Crippen molar-refractivity contribution in [1.29, 1.82) is 0 Å². The van der Waals surface area contributed by atoms with Gasteiger partial charge in [-0.05, 0) is 37.4 Å². The van der Waals surface area contributed by atoms with Gasteiger partial charge >= 0.3 is 0 Å². The quantitative estimate of drug-likeness (QED) is 0.389. The second-order valence-corrected chi connectivity index (χ2v) is 13.1. The summed E-state index contributed by atoms with van der Waals surface area (Å²) in [4.78, 5) is 25.1. The van der Waals surface area contributed by atoms with Gasteiger partial charge in [-0.25, -0.2) is 0 Å². The maximum atomic E-state index is 11.8. The molecule has 2 rings (SSSR count). The molecule has 0 aromatic heterocycles. The molecule has 0 aromatic rings. The minimum absolute atomic E-state index is 0.0467. The molecule has 2 aliphatic rings. The van der Waals surface area contributed by atoms with Crippen molar-refractivity contribution in [2.24, 2.45) is 11.8 Å². The van der Waals surface area contributed by atoms with E-state index in [9.17, 15) is 9.59 Å². The van der Waals surface area contributed by atoms with E-state index in [0.29, 0.717) is 6.54 Å². The SMILES string of the molecule is CC(C)(C)[Si](C)(C)OCCCCCCN1C(=O)C2CC2C1=O. The predicted molar refractivity (Wildman–Crippen MR) is 89.9 cm³/mol. The van der Waals surface area contributed by atoms with Gasteiger partial charge in [-0.3, -0.25) is 14.5 Å². The first kappa shape index (κ1) is 17.7. The second-order valence-electron chi connectivity index (χ2n) is 8.30. The first-order valence-electron chi connectivity index (χ1n) is 8.64. The summed E-state index contributed by atoms with van der Waals surface area (Å²) in [6, 6.07) is 0. The van der Waals surface area contributed by atoms with Gasteiger partial charge < -0.3 is 4.43 Å². The number of amides is 2. The third kappa shape index (κ3) is 3.80. The predicted octanol–water partition coefficient (Wildman–Crippen LogP) is 3.57. The van der Waals surface area contributed by atoms with E-state index in [1.54, 1.807) is 0 Å². The molecule has 5 heteroatoms. The van der Waals surface area contributed by atoms with Crippen molar-refractivity contribution >= 4 is 20.1 Å². The number of imide groups is 1. The van der Waals surface area contributed by atoms with Crippen LogP contribution >= 0.6 is 0 Å². The Morgan fingerprint density at radius 2 is 1.59 bits per heavy atom. The number of carbonyl (C=O) groups is 2. The Bertz CT molecular complexity index is 422. The van der Waals surface area contributed by atoms with E-state index >= 15 is 0 Å². The number of rotatable bonds is 8. The summed E-state index contributed by atoms with van der Waals surface area (Å²) < 4.78 is 6.15. The second kappa shape index (κ2) is 6.44. The monoisotopic (exact) mass is 325 g/mol. The zero-order valence-electron chi connectivity index (χ0n) is 14.8. The maximum Gasteiger partial charge on any atom is 0.233 e. The summed E-state index contributed by atoms with van der Waals surface area (Å²) in [5, 5.41) is 0.268. The molecule has 0 aromatic carbocycles. The molecule has 1 aliphatic carbocycles. The molecule has 22 heavy (non-hydrogen) atoms. The number of piperidine rings is 1. The van der Waals surface area contributed by atoms with Crippen LogP contribution in [-0.4, -0.2) is 38.2 Å². The van der Waals surface area contributed by atoms with Crippen molar-refractivity contribution < 1.29 is 14.0 Å². The highest BCUT2D eigenvalue weighted by Gasteiger charge is 2.58. The normalized spacial score (nSPS) is 24.9. The Morgan fingerprint density at radius 1 is 1.05 bits per heavy atom. The highest BCUT2D eigenvalue weighted by Crippen LogP contribution is 2.46. The molecule has 2 unspecified atom stereocenters. The number of carbonyl (C=O) groups excluding carboxylic acids is 2. The number of fused-ring (bicyclic) bond motifs is 1. The van der Waals surface area contributed by atoms with Gasteiger partial charge in [-0.15, -0.1) is 0 Å². The Morgan fingerprint density at radius 3 is 2.14 bits per heavy atom. The van der Waals surface area contributed by atoms with Gasteiger partial charge in [-0.1, -0.05) is 33.6 Å². The third-order valence-electron chi connectivity index (χ3n) is 5.50. The standard InChI is InChI=1S/C17H31NO3Si/c1-17(2,3)22(4,5)21-11-9-7-6-8-10-18-15(19)13-12-14(13)16(18)20/h13-14H,6-12H2,1-5H3. The molecular formula is C17H31NO3Si. The maximum absolute atomic E-state index is 11.8. The molecule has 126 valence electrons. The first-order valence-corrected chi connectivity index (χ1v) is 11.5. The summed E-state index contributed by atoms with van der Waals surface area (Å²) in [7, 11) is -1.61. The summed E-state index contributed by atoms with van der Waals surface area (Å²) >= 11 is 0. The van der Waals surface area contributed by atoms with Crippen molar-refractivity contribution in [3.8, 4) is 0 Å². The van der Waals surface area contributed by atoms with Gasteiger partial charge in [0.1, 0.15) is 0 Å².